The Labute approximate surface area is 97.0 Å². The van der Waals surface area contributed by atoms with Gasteiger partial charge in [0.15, 0.2) is 0 Å². The van der Waals surface area contributed by atoms with Gasteiger partial charge in [0, 0.05) is 18.6 Å². The Balaban J connectivity index is 2.78. The van der Waals surface area contributed by atoms with Gasteiger partial charge >= 0.3 is 0 Å². The Bertz CT molecular complexity index is 352. The first kappa shape index (κ1) is 11.5. The van der Waals surface area contributed by atoms with E-state index in [2.05, 4.69) is 15.9 Å². The van der Waals surface area contributed by atoms with E-state index in [0.717, 1.165) is 10.0 Å². The van der Waals surface area contributed by atoms with Crippen LogP contribution in [-0.2, 0) is 11.2 Å². The summed E-state index contributed by atoms with van der Waals surface area (Å²) in [6, 6.07) is 5.50. The maximum absolute atomic E-state index is 11.4. The number of rotatable bonds is 2. The van der Waals surface area contributed by atoms with Gasteiger partial charge in [-0.15, -0.1) is 0 Å². The second-order valence-corrected chi connectivity index (χ2v) is 4.47. The number of benzene rings is 1. The molecule has 0 N–H and O–H groups in total. The molecule has 1 aromatic rings. The lowest BCUT2D eigenvalue weighted by Crippen LogP contribution is -2.23. The van der Waals surface area contributed by atoms with Crippen molar-refractivity contribution in [2.45, 2.75) is 6.42 Å². The van der Waals surface area contributed by atoms with Gasteiger partial charge in [-0.05, 0) is 33.6 Å². The van der Waals surface area contributed by atoms with Crippen molar-refractivity contribution < 1.29 is 4.79 Å². The van der Waals surface area contributed by atoms with Crippen LogP contribution in [-0.4, -0.2) is 24.9 Å². The molecule has 0 aliphatic heterocycles. The van der Waals surface area contributed by atoms with E-state index < -0.39 is 0 Å². The lowest BCUT2D eigenvalue weighted by Gasteiger charge is -2.10. The predicted molar refractivity (Wildman–Crippen MR) is 61.6 cm³/mol. The molecular formula is C10H11BrClNO. The van der Waals surface area contributed by atoms with Crippen LogP contribution < -0.4 is 0 Å². The van der Waals surface area contributed by atoms with Crippen molar-refractivity contribution in [1.29, 1.82) is 0 Å². The lowest BCUT2D eigenvalue weighted by molar-refractivity contribution is -0.127. The minimum atomic E-state index is 0.0826. The maximum Gasteiger partial charge on any atom is 0.226 e. The Morgan fingerprint density at radius 1 is 1.50 bits per heavy atom. The van der Waals surface area contributed by atoms with E-state index in [1.807, 2.05) is 12.1 Å². The zero-order chi connectivity index (χ0) is 10.7. The second-order valence-electron chi connectivity index (χ2n) is 3.21. The van der Waals surface area contributed by atoms with Gasteiger partial charge in [0.1, 0.15) is 0 Å². The smallest absolute Gasteiger partial charge is 0.226 e. The largest absolute Gasteiger partial charge is 0.349 e. The highest BCUT2D eigenvalue weighted by atomic mass is 79.9. The van der Waals surface area contributed by atoms with Crippen LogP contribution in [0, 0.1) is 0 Å². The fourth-order valence-corrected chi connectivity index (χ4v) is 1.53. The third kappa shape index (κ3) is 3.00. The third-order valence-corrected chi connectivity index (χ3v) is 3.05. The monoisotopic (exact) mass is 275 g/mol. The summed E-state index contributed by atoms with van der Waals surface area (Å²) in [5.74, 6) is 0.0826. The fraction of sp³-hybridized carbons (Fsp3) is 0.300. The van der Waals surface area contributed by atoms with Crippen LogP contribution in [0.15, 0.2) is 22.7 Å². The first-order valence-electron chi connectivity index (χ1n) is 4.15. The first-order valence-corrected chi connectivity index (χ1v) is 5.32. The summed E-state index contributed by atoms with van der Waals surface area (Å²) < 4.78 is 0.822. The zero-order valence-electron chi connectivity index (χ0n) is 8.05. The number of carbonyl (C=O) groups is 1. The highest BCUT2D eigenvalue weighted by Crippen LogP contribution is 2.23. The van der Waals surface area contributed by atoms with Gasteiger partial charge in [-0.3, -0.25) is 4.79 Å². The van der Waals surface area contributed by atoms with Gasteiger partial charge < -0.3 is 4.90 Å². The van der Waals surface area contributed by atoms with E-state index in [1.54, 1.807) is 25.1 Å². The summed E-state index contributed by atoms with van der Waals surface area (Å²) in [7, 11) is 3.49. The van der Waals surface area contributed by atoms with Crippen molar-refractivity contribution in [3.05, 3.63) is 33.3 Å². The lowest BCUT2D eigenvalue weighted by atomic mass is 10.1. The van der Waals surface area contributed by atoms with E-state index >= 15 is 0 Å². The van der Waals surface area contributed by atoms with Gasteiger partial charge in [0.25, 0.3) is 0 Å². The van der Waals surface area contributed by atoms with Crippen LogP contribution in [0.3, 0.4) is 0 Å². The molecule has 0 atom stereocenters. The Kier molecular flexibility index (Phi) is 3.96. The van der Waals surface area contributed by atoms with Crippen LogP contribution in [0.5, 0.6) is 0 Å². The van der Waals surface area contributed by atoms with Crippen LogP contribution >= 0.6 is 27.5 Å². The molecule has 0 saturated heterocycles. The Hall–Kier alpha value is -0.540. The van der Waals surface area contributed by atoms with Gasteiger partial charge in [0.05, 0.1) is 11.4 Å². The number of amides is 1. The molecule has 1 amide bonds. The number of hydrogen-bond donors (Lipinski definition) is 0. The van der Waals surface area contributed by atoms with E-state index in [0.29, 0.717) is 11.4 Å². The Morgan fingerprint density at radius 2 is 2.14 bits per heavy atom. The molecule has 0 radical (unpaired) electrons. The van der Waals surface area contributed by atoms with E-state index in [1.165, 1.54) is 0 Å². The van der Waals surface area contributed by atoms with Gasteiger partial charge in [-0.1, -0.05) is 17.7 Å². The second kappa shape index (κ2) is 4.80. The molecule has 0 unspecified atom stereocenters. The molecule has 0 saturated carbocycles. The van der Waals surface area contributed by atoms with Crippen molar-refractivity contribution in [3.8, 4) is 0 Å². The standard InChI is InChI=1S/C10H11BrClNO/c1-13(2)10(14)6-7-3-4-9(12)8(11)5-7/h3-5H,6H2,1-2H3. The predicted octanol–water partition coefficient (Wildman–Crippen LogP) is 2.73. The number of hydrogen-bond acceptors (Lipinski definition) is 1. The molecule has 0 bridgehead atoms. The molecule has 4 heteroatoms. The molecule has 14 heavy (non-hydrogen) atoms. The van der Waals surface area contributed by atoms with E-state index in [-0.39, 0.29) is 5.91 Å². The summed E-state index contributed by atoms with van der Waals surface area (Å²) in [6.45, 7) is 0. The van der Waals surface area contributed by atoms with E-state index in [4.69, 9.17) is 11.6 Å². The van der Waals surface area contributed by atoms with Crippen molar-refractivity contribution in [1.82, 2.24) is 4.90 Å². The topological polar surface area (TPSA) is 20.3 Å². The summed E-state index contributed by atoms with van der Waals surface area (Å²) in [6.07, 6.45) is 0.406. The normalized spacial score (nSPS) is 10.0. The quantitative estimate of drug-likeness (QED) is 0.813. The molecule has 0 heterocycles. The van der Waals surface area contributed by atoms with E-state index in [9.17, 15) is 4.79 Å². The van der Waals surface area contributed by atoms with Crippen molar-refractivity contribution in [3.63, 3.8) is 0 Å². The minimum absolute atomic E-state index is 0.0826. The fourth-order valence-electron chi connectivity index (χ4n) is 0.982. The van der Waals surface area contributed by atoms with Crippen molar-refractivity contribution in [2.24, 2.45) is 0 Å². The number of likely N-dealkylation sites (N-methyl/N-ethyl adjacent to an activating group) is 1. The number of halogens is 2. The van der Waals surface area contributed by atoms with Crippen LogP contribution in [0.25, 0.3) is 0 Å². The molecule has 0 aromatic heterocycles. The molecule has 0 spiro atoms. The Morgan fingerprint density at radius 3 is 2.64 bits per heavy atom. The van der Waals surface area contributed by atoms with Crippen molar-refractivity contribution >= 4 is 33.4 Å². The number of carbonyl (C=O) groups excluding carboxylic acids is 1. The van der Waals surface area contributed by atoms with Crippen LogP contribution in [0.4, 0.5) is 0 Å². The minimum Gasteiger partial charge on any atom is -0.349 e. The third-order valence-electron chi connectivity index (χ3n) is 1.84. The average molecular weight is 277 g/mol. The highest BCUT2D eigenvalue weighted by Gasteiger charge is 2.06. The maximum atomic E-state index is 11.4. The molecule has 76 valence electrons. The molecule has 0 fully saturated rings. The van der Waals surface area contributed by atoms with Gasteiger partial charge in [-0.2, -0.15) is 0 Å². The highest BCUT2D eigenvalue weighted by molar-refractivity contribution is 9.10. The first-order chi connectivity index (χ1) is 6.50. The average Bonchev–Trinajstić information content (AvgIpc) is 2.11. The van der Waals surface area contributed by atoms with Gasteiger partial charge in [-0.25, -0.2) is 0 Å². The van der Waals surface area contributed by atoms with Crippen LogP contribution in [0.1, 0.15) is 5.56 Å². The summed E-state index contributed by atoms with van der Waals surface area (Å²) in [5, 5.41) is 0.658. The molecule has 1 rings (SSSR count). The van der Waals surface area contributed by atoms with Crippen LogP contribution in [0.2, 0.25) is 5.02 Å². The molecule has 1 aromatic carbocycles. The molecular weight excluding hydrogens is 265 g/mol. The SMILES string of the molecule is CN(C)C(=O)Cc1ccc(Cl)c(Br)c1. The van der Waals surface area contributed by atoms with Crippen molar-refractivity contribution in [2.75, 3.05) is 14.1 Å². The molecule has 0 aliphatic rings. The molecule has 0 aliphatic carbocycles. The van der Waals surface area contributed by atoms with Gasteiger partial charge in [0.2, 0.25) is 5.91 Å². The summed E-state index contributed by atoms with van der Waals surface area (Å²) in [5.41, 5.74) is 0.958. The summed E-state index contributed by atoms with van der Waals surface area (Å²) >= 11 is 9.15. The summed E-state index contributed by atoms with van der Waals surface area (Å²) in [4.78, 5) is 13.0. The molecule has 2 nitrogen and oxygen atoms in total. The number of nitrogens with zero attached hydrogens (tertiary/aromatic N) is 1. The zero-order valence-corrected chi connectivity index (χ0v) is 10.4.